The molecule has 0 amide bonds. The minimum atomic E-state index is -0.610. The summed E-state index contributed by atoms with van der Waals surface area (Å²) in [5.41, 5.74) is 1.10. The molecule has 0 aliphatic heterocycles. The maximum atomic E-state index is 13.6. The van der Waals surface area contributed by atoms with Crippen LogP contribution in [0, 0.1) is 11.6 Å². The number of aryl methyl sites for hydroxylation is 1. The largest absolute Gasteiger partial charge is 0.236 e. The van der Waals surface area contributed by atoms with E-state index in [4.69, 9.17) is 11.6 Å². The Hall–Kier alpha value is -1.07. The summed E-state index contributed by atoms with van der Waals surface area (Å²) in [5.74, 6) is -0.804. The van der Waals surface area contributed by atoms with E-state index in [1.807, 2.05) is 6.92 Å². The van der Waals surface area contributed by atoms with Crippen molar-refractivity contribution in [2.24, 2.45) is 0 Å². The van der Waals surface area contributed by atoms with Crippen LogP contribution < -0.4 is 0 Å². The lowest BCUT2D eigenvalue weighted by Gasteiger charge is -2.07. The smallest absolute Gasteiger partial charge is 0.147 e. The van der Waals surface area contributed by atoms with E-state index < -0.39 is 11.6 Å². The Bertz CT molecular complexity index is 620. The Morgan fingerprint density at radius 3 is 2.63 bits per heavy atom. The van der Waals surface area contributed by atoms with Gasteiger partial charge in [0.15, 0.2) is 0 Å². The SMILES string of the molecule is CCc1nc(Cc2ccc(F)cc2F)nc(Cl)c1Br. The fourth-order valence-electron chi connectivity index (χ4n) is 1.66. The molecule has 0 unspecified atom stereocenters. The van der Waals surface area contributed by atoms with Crippen molar-refractivity contribution in [3.63, 3.8) is 0 Å². The van der Waals surface area contributed by atoms with Gasteiger partial charge in [0.05, 0.1) is 10.2 Å². The highest BCUT2D eigenvalue weighted by Gasteiger charge is 2.12. The lowest BCUT2D eigenvalue weighted by molar-refractivity contribution is 0.573. The van der Waals surface area contributed by atoms with Gasteiger partial charge in [-0.2, -0.15) is 0 Å². The van der Waals surface area contributed by atoms with Crippen LogP contribution in [0.3, 0.4) is 0 Å². The van der Waals surface area contributed by atoms with Gasteiger partial charge < -0.3 is 0 Å². The predicted octanol–water partition coefficient (Wildman–Crippen LogP) is 4.32. The third kappa shape index (κ3) is 3.28. The van der Waals surface area contributed by atoms with E-state index in [1.165, 1.54) is 12.1 Å². The average molecular weight is 348 g/mol. The monoisotopic (exact) mass is 346 g/mol. The van der Waals surface area contributed by atoms with Crippen LogP contribution in [-0.2, 0) is 12.8 Å². The summed E-state index contributed by atoms with van der Waals surface area (Å²) in [5, 5.41) is 0.296. The van der Waals surface area contributed by atoms with Crippen molar-refractivity contribution in [3.8, 4) is 0 Å². The van der Waals surface area contributed by atoms with Crippen LogP contribution in [0.5, 0.6) is 0 Å². The van der Waals surface area contributed by atoms with E-state index in [0.717, 1.165) is 11.8 Å². The van der Waals surface area contributed by atoms with Crippen molar-refractivity contribution >= 4 is 27.5 Å². The van der Waals surface area contributed by atoms with E-state index in [0.29, 0.717) is 27.4 Å². The standard InChI is InChI=1S/C13H10BrClF2N2/c1-2-10-12(14)13(15)19-11(18-10)5-7-3-4-8(16)6-9(7)17/h3-4,6H,2,5H2,1H3. The molecule has 0 aliphatic rings. The fourth-order valence-corrected chi connectivity index (χ4v) is 2.32. The summed E-state index contributed by atoms with van der Waals surface area (Å²) < 4.78 is 27.0. The number of hydrogen-bond acceptors (Lipinski definition) is 2. The van der Waals surface area contributed by atoms with Crippen molar-refractivity contribution in [2.45, 2.75) is 19.8 Å². The predicted molar refractivity (Wildman–Crippen MR) is 73.3 cm³/mol. The molecular weight excluding hydrogens is 338 g/mol. The third-order valence-corrected chi connectivity index (χ3v) is 3.96. The normalized spacial score (nSPS) is 10.8. The van der Waals surface area contributed by atoms with Gasteiger partial charge in [0.25, 0.3) is 0 Å². The summed E-state index contributed by atoms with van der Waals surface area (Å²) in [7, 11) is 0. The van der Waals surface area contributed by atoms with Crippen LogP contribution in [-0.4, -0.2) is 9.97 Å². The maximum absolute atomic E-state index is 13.6. The highest BCUT2D eigenvalue weighted by atomic mass is 79.9. The molecule has 6 heteroatoms. The highest BCUT2D eigenvalue weighted by molar-refractivity contribution is 9.10. The first kappa shape index (κ1) is 14.3. The zero-order chi connectivity index (χ0) is 14.0. The lowest BCUT2D eigenvalue weighted by Crippen LogP contribution is -2.03. The lowest BCUT2D eigenvalue weighted by atomic mass is 10.1. The van der Waals surface area contributed by atoms with Gasteiger partial charge in [-0.25, -0.2) is 18.7 Å². The van der Waals surface area contributed by atoms with Gasteiger partial charge in [-0.05, 0) is 34.0 Å². The Balaban J connectivity index is 2.35. The highest BCUT2D eigenvalue weighted by Crippen LogP contribution is 2.24. The van der Waals surface area contributed by atoms with E-state index in [2.05, 4.69) is 25.9 Å². The van der Waals surface area contributed by atoms with Gasteiger partial charge in [-0.3, -0.25) is 0 Å². The molecule has 0 saturated carbocycles. The molecule has 19 heavy (non-hydrogen) atoms. The first-order chi connectivity index (χ1) is 9.01. The Morgan fingerprint density at radius 1 is 1.26 bits per heavy atom. The topological polar surface area (TPSA) is 25.8 Å². The molecule has 0 radical (unpaired) electrons. The molecule has 1 heterocycles. The zero-order valence-corrected chi connectivity index (χ0v) is 12.4. The van der Waals surface area contributed by atoms with Gasteiger partial charge in [0, 0.05) is 12.5 Å². The van der Waals surface area contributed by atoms with Crippen LogP contribution in [0.4, 0.5) is 8.78 Å². The molecule has 1 aromatic carbocycles. The van der Waals surface area contributed by atoms with Gasteiger partial charge in [0.2, 0.25) is 0 Å². The molecule has 1 aromatic heterocycles. The summed E-state index contributed by atoms with van der Waals surface area (Å²) in [6, 6.07) is 3.44. The van der Waals surface area contributed by atoms with Crippen LogP contribution in [0.25, 0.3) is 0 Å². The van der Waals surface area contributed by atoms with Crippen LogP contribution in [0.2, 0.25) is 5.15 Å². The minimum Gasteiger partial charge on any atom is -0.236 e. The molecule has 0 bridgehead atoms. The first-order valence-corrected chi connectivity index (χ1v) is 6.83. The van der Waals surface area contributed by atoms with E-state index >= 15 is 0 Å². The summed E-state index contributed by atoms with van der Waals surface area (Å²) in [4.78, 5) is 8.39. The van der Waals surface area contributed by atoms with Crippen molar-refractivity contribution in [1.82, 2.24) is 9.97 Å². The summed E-state index contributed by atoms with van der Waals surface area (Å²) in [6.07, 6.45) is 0.855. The van der Waals surface area contributed by atoms with Crippen LogP contribution >= 0.6 is 27.5 Å². The van der Waals surface area contributed by atoms with Gasteiger partial charge in [0.1, 0.15) is 22.6 Å². The third-order valence-electron chi connectivity index (χ3n) is 2.62. The molecule has 0 aliphatic carbocycles. The van der Waals surface area contributed by atoms with E-state index in [9.17, 15) is 8.78 Å². The minimum absolute atomic E-state index is 0.173. The second kappa shape index (κ2) is 5.92. The van der Waals surface area contributed by atoms with Crippen molar-refractivity contribution < 1.29 is 8.78 Å². The molecule has 0 fully saturated rings. The second-order valence-electron chi connectivity index (χ2n) is 3.96. The molecular formula is C13H10BrClF2N2. The summed E-state index contributed by atoms with van der Waals surface area (Å²) in [6.45, 7) is 1.94. The fraction of sp³-hybridized carbons (Fsp3) is 0.231. The van der Waals surface area contributed by atoms with Crippen LogP contribution in [0.15, 0.2) is 22.7 Å². The Labute approximate surface area is 123 Å². The second-order valence-corrected chi connectivity index (χ2v) is 5.11. The number of aromatic nitrogens is 2. The summed E-state index contributed by atoms with van der Waals surface area (Å²) >= 11 is 9.28. The Morgan fingerprint density at radius 2 is 2.00 bits per heavy atom. The number of rotatable bonds is 3. The molecule has 100 valence electrons. The van der Waals surface area contributed by atoms with E-state index in [-0.39, 0.29) is 6.42 Å². The van der Waals surface area contributed by atoms with E-state index in [1.54, 1.807) is 0 Å². The van der Waals surface area contributed by atoms with Gasteiger partial charge in [-0.15, -0.1) is 0 Å². The Kier molecular flexibility index (Phi) is 4.47. The van der Waals surface area contributed by atoms with Gasteiger partial charge in [-0.1, -0.05) is 24.6 Å². The quantitative estimate of drug-likeness (QED) is 0.773. The first-order valence-electron chi connectivity index (χ1n) is 5.66. The van der Waals surface area contributed by atoms with Crippen molar-refractivity contribution in [3.05, 3.63) is 56.5 Å². The molecule has 2 rings (SSSR count). The van der Waals surface area contributed by atoms with Crippen molar-refractivity contribution in [1.29, 1.82) is 0 Å². The molecule has 0 saturated heterocycles. The molecule has 0 spiro atoms. The molecule has 2 aromatic rings. The van der Waals surface area contributed by atoms with Gasteiger partial charge >= 0.3 is 0 Å². The number of benzene rings is 1. The molecule has 0 atom stereocenters. The molecule has 0 N–H and O–H groups in total. The average Bonchev–Trinajstić information content (AvgIpc) is 2.37. The number of nitrogens with zero attached hydrogens (tertiary/aromatic N) is 2. The van der Waals surface area contributed by atoms with Crippen LogP contribution in [0.1, 0.15) is 24.0 Å². The van der Waals surface area contributed by atoms with Crippen molar-refractivity contribution in [2.75, 3.05) is 0 Å². The maximum Gasteiger partial charge on any atom is 0.147 e. The molecule has 2 nitrogen and oxygen atoms in total. The number of halogens is 4. The zero-order valence-electron chi connectivity index (χ0n) is 10.1. The number of hydrogen-bond donors (Lipinski definition) is 0.